The lowest BCUT2D eigenvalue weighted by Gasteiger charge is -2.39. The zero-order valence-corrected chi connectivity index (χ0v) is 37.7. The number of hydrogen-bond acceptors (Lipinski definition) is 8. The number of carbonyl (C=O) groups excluding carboxylic acids is 3. The Labute approximate surface area is 382 Å². The van der Waals surface area contributed by atoms with E-state index in [1.165, 1.54) is 63.7 Å². The first-order valence-corrected chi connectivity index (χ1v) is 23.2. The van der Waals surface area contributed by atoms with Crippen LogP contribution in [0, 0.1) is 6.42 Å². The van der Waals surface area contributed by atoms with Gasteiger partial charge in [0.2, 0.25) is 5.91 Å². The summed E-state index contributed by atoms with van der Waals surface area (Å²) in [5, 5.41) is 2.38. The molecule has 5 aliphatic rings. The predicted molar refractivity (Wildman–Crippen MR) is 258 cm³/mol. The van der Waals surface area contributed by atoms with Gasteiger partial charge in [0, 0.05) is 102 Å². The number of rotatable bonds is 12. The van der Waals surface area contributed by atoms with Crippen molar-refractivity contribution in [3.05, 3.63) is 155 Å². The van der Waals surface area contributed by atoms with Crippen LogP contribution in [0.2, 0.25) is 0 Å². The van der Waals surface area contributed by atoms with E-state index in [-0.39, 0.29) is 43.0 Å². The van der Waals surface area contributed by atoms with E-state index < -0.39 is 17.5 Å². The van der Waals surface area contributed by atoms with Crippen molar-refractivity contribution in [3.63, 3.8) is 0 Å². The molecule has 0 saturated carbocycles. The minimum atomic E-state index is -0.901. The van der Waals surface area contributed by atoms with Gasteiger partial charge >= 0.3 is 11.9 Å². The SMILES string of the molecule is C=C(C)C(=O)OCCOC(=O)CCC(=O)N1CCN(c2ccc(C3(c4ccccc4)C=Cc4c5c(c6cc(N7CCCCC7)c(C7=C[CH]7)cc6c4O3)-c3ccccc3C5(C)C)cc2)CC1. The number of carbonyl (C=O) groups is 3. The number of hydrogen-bond donors (Lipinski definition) is 0. The second-order valence-electron chi connectivity index (χ2n) is 18.5. The molecular weight excluding hydrogens is 811 g/mol. The number of nitrogens with zero attached hydrogens (tertiary/aromatic N) is 3. The standard InChI is InChI=1S/C56H56N3O6/c1-37(2)54(62)64-34-33-63-50(61)24-23-49(60)59-31-29-57(30-32-59)41-21-19-40(20-22-41)56(39-13-7-5-8-14-39)26-25-43-52-51(42-15-9-10-16-47(42)55(52,3)4)45-36-48(58-27-11-6-12-28-58)44(38-17-18-38)35-46(45)53(43)65-56/h5,7-10,13-22,25-26,35-36H,1,6,11-12,23-24,27-34H2,2-4H3. The molecule has 331 valence electrons. The van der Waals surface area contributed by atoms with Crippen LogP contribution in [0.1, 0.15) is 86.3 Å². The average Bonchev–Trinajstić information content (AvgIpc) is 4.17. The Balaban J connectivity index is 0.938. The van der Waals surface area contributed by atoms with Gasteiger partial charge in [0.25, 0.3) is 0 Å². The zero-order valence-electron chi connectivity index (χ0n) is 37.7. The van der Waals surface area contributed by atoms with Crippen LogP contribution < -0.4 is 14.5 Å². The van der Waals surface area contributed by atoms with Crippen molar-refractivity contribution < 1.29 is 28.6 Å². The fourth-order valence-corrected chi connectivity index (χ4v) is 10.5. The Morgan fingerprint density at radius 2 is 1.43 bits per heavy atom. The van der Waals surface area contributed by atoms with Gasteiger partial charge in [-0.1, -0.05) is 99.3 Å². The molecule has 0 spiro atoms. The van der Waals surface area contributed by atoms with Gasteiger partial charge in [-0.25, -0.2) is 4.79 Å². The fourth-order valence-electron chi connectivity index (χ4n) is 10.5. The number of benzene rings is 5. The third-order valence-electron chi connectivity index (χ3n) is 14.0. The Morgan fingerprint density at radius 3 is 2.15 bits per heavy atom. The first kappa shape index (κ1) is 42.3. The third kappa shape index (κ3) is 7.79. The minimum Gasteiger partial charge on any atom is -0.472 e. The molecule has 2 aliphatic carbocycles. The summed E-state index contributed by atoms with van der Waals surface area (Å²) in [6.45, 7) is 14.3. The first-order chi connectivity index (χ1) is 31.5. The van der Waals surface area contributed by atoms with Crippen molar-refractivity contribution in [2.45, 2.75) is 63.9 Å². The number of piperazine rings is 1. The van der Waals surface area contributed by atoms with E-state index in [1.807, 2.05) is 4.90 Å². The molecule has 3 aliphatic heterocycles. The number of amides is 1. The number of anilines is 2. The molecule has 1 unspecified atom stereocenters. The van der Waals surface area contributed by atoms with Gasteiger partial charge in [0.15, 0.2) is 5.60 Å². The van der Waals surface area contributed by atoms with E-state index >= 15 is 0 Å². The van der Waals surface area contributed by atoms with Crippen LogP contribution in [0.25, 0.3) is 33.5 Å². The lowest BCUT2D eigenvalue weighted by molar-refractivity contribution is -0.151. The number of fused-ring (bicyclic) bond motifs is 8. The average molecular weight is 867 g/mol. The number of ether oxygens (including phenoxy) is 3. The summed E-state index contributed by atoms with van der Waals surface area (Å²) in [6.07, 6.45) is 12.8. The normalized spacial score (nSPS) is 19.1. The topological polar surface area (TPSA) is 88.6 Å². The van der Waals surface area contributed by atoms with Crippen molar-refractivity contribution in [2.75, 3.05) is 62.3 Å². The quantitative estimate of drug-likeness (QED) is 0.0696. The molecule has 9 nitrogen and oxygen atoms in total. The van der Waals surface area contributed by atoms with Gasteiger partial charge < -0.3 is 28.9 Å². The molecule has 3 heterocycles. The molecule has 2 fully saturated rings. The smallest absolute Gasteiger partial charge is 0.333 e. The molecule has 10 rings (SSSR count). The van der Waals surface area contributed by atoms with Crippen LogP contribution in [-0.4, -0.2) is 75.2 Å². The summed E-state index contributed by atoms with van der Waals surface area (Å²) >= 11 is 0. The highest BCUT2D eigenvalue weighted by Gasteiger charge is 2.45. The van der Waals surface area contributed by atoms with Gasteiger partial charge in [-0.05, 0) is 89.7 Å². The van der Waals surface area contributed by atoms with Crippen molar-refractivity contribution in [3.8, 4) is 16.9 Å². The molecule has 9 heteroatoms. The summed E-state index contributed by atoms with van der Waals surface area (Å²) in [6, 6.07) is 33.2. The number of esters is 2. The lowest BCUT2D eigenvalue weighted by Crippen LogP contribution is -2.48. The van der Waals surface area contributed by atoms with Crippen molar-refractivity contribution in [1.82, 2.24) is 4.90 Å². The van der Waals surface area contributed by atoms with E-state index in [4.69, 9.17) is 14.2 Å². The Kier molecular flexibility index (Phi) is 11.1. The van der Waals surface area contributed by atoms with Gasteiger partial charge in [-0.2, -0.15) is 0 Å². The molecule has 1 amide bonds. The van der Waals surface area contributed by atoms with Gasteiger partial charge in [0.05, 0.1) is 6.42 Å². The maximum atomic E-state index is 13.1. The highest BCUT2D eigenvalue weighted by molar-refractivity contribution is 6.12. The van der Waals surface area contributed by atoms with Crippen LogP contribution in [0.3, 0.4) is 0 Å². The van der Waals surface area contributed by atoms with Crippen LogP contribution in [0.15, 0.2) is 115 Å². The van der Waals surface area contributed by atoms with E-state index in [0.717, 1.165) is 46.6 Å². The number of piperidine rings is 1. The van der Waals surface area contributed by atoms with Crippen molar-refractivity contribution >= 4 is 51.6 Å². The molecule has 5 aromatic rings. The molecular formula is C56H56N3O6. The lowest BCUT2D eigenvalue weighted by atomic mass is 9.76. The zero-order chi connectivity index (χ0) is 44.9. The highest BCUT2D eigenvalue weighted by Crippen LogP contribution is 2.59. The van der Waals surface area contributed by atoms with Crippen LogP contribution in [-0.2, 0) is 34.9 Å². The van der Waals surface area contributed by atoms with E-state index in [2.05, 4.69) is 146 Å². The maximum Gasteiger partial charge on any atom is 0.333 e. The molecule has 2 saturated heterocycles. The first-order valence-electron chi connectivity index (χ1n) is 23.2. The summed E-state index contributed by atoms with van der Waals surface area (Å²) in [5.41, 5.74) is 12.6. The van der Waals surface area contributed by atoms with Crippen LogP contribution >= 0.6 is 0 Å². The molecule has 0 aromatic heterocycles. The summed E-state index contributed by atoms with van der Waals surface area (Å²) in [5.74, 6) is -0.188. The highest BCUT2D eigenvalue weighted by atomic mass is 16.6. The Bertz CT molecular complexity index is 2770. The molecule has 1 radical (unpaired) electrons. The summed E-state index contributed by atoms with van der Waals surface area (Å²) < 4.78 is 17.8. The largest absolute Gasteiger partial charge is 0.472 e. The van der Waals surface area contributed by atoms with E-state index in [1.54, 1.807) is 6.92 Å². The second-order valence-corrected chi connectivity index (χ2v) is 18.5. The summed E-state index contributed by atoms with van der Waals surface area (Å²) in [7, 11) is 0. The molecule has 0 N–H and O–H groups in total. The maximum absolute atomic E-state index is 13.1. The van der Waals surface area contributed by atoms with Crippen molar-refractivity contribution in [2.24, 2.45) is 0 Å². The van der Waals surface area contributed by atoms with Crippen LogP contribution in [0.5, 0.6) is 5.75 Å². The second kappa shape index (κ2) is 17.1. The molecule has 1 atom stereocenters. The van der Waals surface area contributed by atoms with E-state index in [9.17, 15) is 14.4 Å². The number of allylic oxidation sites excluding steroid dienone is 2. The monoisotopic (exact) mass is 866 g/mol. The summed E-state index contributed by atoms with van der Waals surface area (Å²) in [4.78, 5) is 43.6. The van der Waals surface area contributed by atoms with Gasteiger partial charge in [-0.3, -0.25) is 9.59 Å². The van der Waals surface area contributed by atoms with E-state index in [0.29, 0.717) is 26.2 Å². The Hall–Kier alpha value is -6.61. The van der Waals surface area contributed by atoms with Crippen LogP contribution in [0.4, 0.5) is 11.4 Å². The third-order valence-corrected chi connectivity index (χ3v) is 14.0. The van der Waals surface area contributed by atoms with Gasteiger partial charge in [0.1, 0.15) is 19.0 Å². The molecule has 65 heavy (non-hydrogen) atoms. The Morgan fingerprint density at radius 1 is 0.738 bits per heavy atom. The fraction of sp³-hybridized carbons (Fsp3) is 0.321. The molecule has 5 aromatic carbocycles. The van der Waals surface area contributed by atoms with Gasteiger partial charge in [-0.15, -0.1) is 0 Å². The predicted octanol–water partition coefficient (Wildman–Crippen LogP) is 10.2. The van der Waals surface area contributed by atoms with Crippen molar-refractivity contribution in [1.29, 1.82) is 0 Å². The minimum absolute atomic E-state index is 0.0275. The molecule has 0 bridgehead atoms.